The zero-order valence-electron chi connectivity index (χ0n) is 9.12. The number of hydrogen-bond donors (Lipinski definition) is 0. The number of ether oxygens (including phenoxy) is 2. The lowest BCUT2D eigenvalue weighted by Crippen LogP contribution is -2.21. The van der Waals surface area contributed by atoms with Crippen molar-refractivity contribution in [3.63, 3.8) is 0 Å². The third-order valence-electron chi connectivity index (χ3n) is 2.37. The average molecular weight is 212 g/mol. The molecule has 0 radical (unpaired) electrons. The van der Waals surface area contributed by atoms with Gasteiger partial charge in [0.15, 0.2) is 0 Å². The van der Waals surface area contributed by atoms with Crippen molar-refractivity contribution >= 4 is 11.9 Å². The van der Waals surface area contributed by atoms with Gasteiger partial charge in [0.1, 0.15) is 0 Å². The van der Waals surface area contributed by atoms with E-state index in [9.17, 15) is 9.59 Å². The van der Waals surface area contributed by atoms with Crippen LogP contribution in [0.25, 0.3) is 0 Å². The molecule has 1 aliphatic heterocycles. The zero-order chi connectivity index (χ0) is 11.4. The van der Waals surface area contributed by atoms with Crippen molar-refractivity contribution in [3.05, 3.63) is 12.2 Å². The van der Waals surface area contributed by atoms with Gasteiger partial charge in [-0.2, -0.15) is 0 Å². The maximum Gasteiger partial charge on any atom is 0.313 e. The van der Waals surface area contributed by atoms with Crippen molar-refractivity contribution in [1.82, 2.24) is 0 Å². The number of carbonyl (C=O) groups excluding carboxylic acids is 2. The van der Waals surface area contributed by atoms with Crippen LogP contribution in [-0.2, 0) is 19.1 Å². The summed E-state index contributed by atoms with van der Waals surface area (Å²) < 4.78 is 9.89. The van der Waals surface area contributed by atoms with Gasteiger partial charge < -0.3 is 9.47 Å². The van der Waals surface area contributed by atoms with Crippen LogP contribution >= 0.6 is 0 Å². The van der Waals surface area contributed by atoms with Crippen LogP contribution in [0, 0.1) is 5.92 Å². The Morgan fingerprint density at radius 1 is 1.67 bits per heavy atom. The first-order valence-corrected chi connectivity index (χ1v) is 4.98. The van der Waals surface area contributed by atoms with E-state index < -0.39 is 11.9 Å². The minimum absolute atomic E-state index is 0.0250. The molecular weight excluding hydrogens is 196 g/mol. The lowest BCUT2D eigenvalue weighted by atomic mass is 9.98. The third kappa shape index (κ3) is 3.83. The fourth-order valence-corrected chi connectivity index (χ4v) is 1.59. The average Bonchev–Trinajstić information content (AvgIpc) is 2.49. The second kappa shape index (κ2) is 5.07. The number of esters is 2. The standard InChI is InChI=1S/C11H16O4/c1-7-4-10(14-6-7)8(2)5-11(13)15-9(3)12/h8,10H,1,4-6H2,2-3H3. The van der Waals surface area contributed by atoms with Crippen LogP contribution in [0.15, 0.2) is 12.2 Å². The van der Waals surface area contributed by atoms with Gasteiger partial charge in [0.2, 0.25) is 0 Å². The molecule has 0 saturated carbocycles. The summed E-state index contributed by atoms with van der Waals surface area (Å²) in [5, 5.41) is 0. The number of rotatable bonds is 3. The summed E-state index contributed by atoms with van der Waals surface area (Å²) in [5.41, 5.74) is 1.05. The first-order valence-electron chi connectivity index (χ1n) is 4.98. The van der Waals surface area contributed by atoms with Gasteiger partial charge >= 0.3 is 11.9 Å². The SMILES string of the molecule is C=C1COC(C(C)CC(=O)OC(C)=O)C1. The third-order valence-corrected chi connectivity index (χ3v) is 2.37. The first-order chi connectivity index (χ1) is 6.99. The maximum absolute atomic E-state index is 11.2. The second-order valence-corrected chi connectivity index (χ2v) is 3.95. The quantitative estimate of drug-likeness (QED) is 0.403. The fourth-order valence-electron chi connectivity index (χ4n) is 1.59. The first kappa shape index (κ1) is 11.9. The van der Waals surface area contributed by atoms with Gasteiger partial charge in [0.25, 0.3) is 0 Å². The van der Waals surface area contributed by atoms with E-state index in [0.717, 1.165) is 12.0 Å². The molecule has 0 bridgehead atoms. The topological polar surface area (TPSA) is 52.6 Å². The summed E-state index contributed by atoms with van der Waals surface area (Å²) in [6.07, 6.45) is 1.02. The Morgan fingerprint density at radius 2 is 2.33 bits per heavy atom. The van der Waals surface area contributed by atoms with Crippen LogP contribution < -0.4 is 0 Å². The van der Waals surface area contributed by atoms with E-state index in [0.29, 0.717) is 6.61 Å². The van der Waals surface area contributed by atoms with Gasteiger partial charge in [-0.25, -0.2) is 0 Å². The van der Waals surface area contributed by atoms with E-state index in [1.165, 1.54) is 6.92 Å². The molecule has 1 saturated heterocycles. The highest BCUT2D eigenvalue weighted by Crippen LogP contribution is 2.25. The highest BCUT2D eigenvalue weighted by atomic mass is 16.6. The van der Waals surface area contributed by atoms with Crippen molar-refractivity contribution < 1.29 is 19.1 Å². The molecule has 0 aromatic heterocycles. The van der Waals surface area contributed by atoms with Gasteiger partial charge in [-0.3, -0.25) is 9.59 Å². The van der Waals surface area contributed by atoms with E-state index in [1.807, 2.05) is 6.92 Å². The predicted molar refractivity (Wildman–Crippen MR) is 54.1 cm³/mol. The molecule has 4 heteroatoms. The molecule has 2 atom stereocenters. The minimum Gasteiger partial charge on any atom is -0.393 e. The summed E-state index contributed by atoms with van der Waals surface area (Å²) in [5.74, 6) is -1.00. The predicted octanol–water partition coefficient (Wildman–Crippen LogP) is 1.45. The molecule has 0 amide bonds. The Hall–Kier alpha value is -1.16. The van der Waals surface area contributed by atoms with E-state index >= 15 is 0 Å². The maximum atomic E-state index is 11.2. The molecule has 0 N–H and O–H groups in total. The van der Waals surface area contributed by atoms with Crippen molar-refractivity contribution in [2.45, 2.75) is 32.8 Å². The Bertz CT molecular complexity index is 282. The minimum atomic E-state index is -0.566. The van der Waals surface area contributed by atoms with Gasteiger partial charge in [0.05, 0.1) is 19.1 Å². The monoisotopic (exact) mass is 212 g/mol. The normalized spacial score (nSPS) is 22.5. The molecule has 1 aliphatic rings. The van der Waals surface area contributed by atoms with Crippen LogP contribution in [0.5, 0.6) is 0 Å². The Morgan fingerprint density at radius 3 is 2.80 bits per heavy atom. The van der Waals surface area contributed by atoms with E-state index in [2.05, 4.69) is 11.3 Å². The highest BCUT2D eigenvalue weighted by molar-refractivity contribution is 5.84. The van der Waals surface area contributed by atoms with Gasteiger partial charge in [0, 0.05) is 6.92 Å². The van der Waals surface area contributed by atoms with E-state index in [1.54, 1.807) is 0 Å². The molecule has 0 aromatic carbocycles. The molecule has 84 valence electrons. The van der Waals surface area contributed by atoms with Gasteiger partial charge in [-0.15, -0.1) is 0 Å². The summed E-state index contributed by atoms with van der Waals surface area (Å²) in [6, 6.07) is 0. The summed E-state index contributed by atoms with van der Waals surface area (Å²) in [7, 11) is 0. The van der Waals surface area contributed by atoms with Crippen molar-refractivity contribution in [1.29, 1.82) is 0 Å². The van der Waals surface area contributed by atoms with Crippen molar-refractivity contribution in [3.8, 4) is 0 Å². The van der Waals surface area contributed by atoms with Gasteiger partial charge in [-0.05, 0) is 17.9 Å². The van der Waals surface area contributed by atoms with E-state index in [-0.39, 0.29) is 18.4 Å². The molecule has 4 nitrogen and oxygen atoms in total. The number of carbonyl (C=O) groups is 2. The van der Waals surface area contributed by atoms with Crippen LogP contribution in [0.2, 0.25) is 0 Å². The summed E-state index contributed by atoms with van der Waals surface area (Å²) >= 11 is 0. The number of hydrogen-bond acceptors (Lipinski definition) is 4. The fraction of sp³-hybridized carbons (Fsp3) is 0.636. The Kier molecular flexibility index (Phi) is 4.03. The molecule has 0 aliphatic carbocycles. The lowest BCUT2D eigenvalue weighted by Gasteiger charge is -2.16. The highest BCUT2D eigenvalue weighted by Gasteiger charge is 2.26. The van der Waals surface area contributed by atoms with E-state index in [4.69, 9.17) is 4.74 Å². The Balaban J connectivity index is 2.35. The molecule has 1 fully saturated rings. The zero-order valence-corrected chi connectivity index (χ0v) is 9.12. The molecule has 1 heterocycles. The smallest absolute Gasteiger partial charge is 0.313 e. The molecule has 0 spiro atoms. The molecule has 2 unspecified atom stereocenters. The molecular formula is C11H16O4. The molecule has 0 aromatic rings. The summed E-state index contributed by atoms with van der Waals surface area (Å²) in [6.45, 7) is 7.51. The van der Waals surface area contributed by atoms with Crippen LogP contribution in [0.1, 0.15) is 26.7 Å². The molecule has 1 rings (SSSR count). The second-order valence-electron chi connectivity index (χ2n) is 3.95. The lowest BCUT2D eigenvalue weighted by molar-refractivity contribution is -0.159. The van der Waals surface area contributed by atoms with Crippen molar-refractivity contribution in [2.75, 3.05) is 6.61 Å². The largest absolute Gasteiger partial charge is 0.393 e. The van der Waals surface area contributed by atoms with Gasteiger partial charge in [-0.1, -0.05) is 13.5 Å². The van der Waals surface area contributed by atoms with Crippen LogP contribution in [0.4, 0.5) is 0 Å². The molecule has 15 heavy (non-hydrogen) atoms. The van der Waals surface area contributed by atoms with Crippen molar-refractivity contribution in [2.24, 2.45) is 5.92 Å². The van der Waals surface area contributed by atoms with Crippen LogP contribution in [-0.4, -0.2) is 24.6 Å². The summed E-state index contributed by atoms with van der Waals surface area (Å²) in [4.78, 5) is 21.7. The Labute approximate surface area is 89.2 Å². The van der Waals surface area contributed by atoms with Crippen LogP contribution in [0.3, 0.4) is 0 Å².